The molecule has 152 valence electrons. The second kappa shape index (κ2) is 6.87. The van der Waals surface area contributed by atoms with E-state index in [0.29, 0.717) is 12.1 Å². The summed E-state index contributed by atoms with van der Waals surface area (Å²) in [4.78, 5) is 10.2. The molecule has 1 aliphatic heterocycles. The topological polar surface area (TPSA) is 72.4 Å². The van der Waals surface area contributed by atoms with Gasteiger partial charge in [-0.25, -0.2) is 9.97 Å². The lowest BCUT2D eigenvalue weighted by Crippen LogP contribution is -2.31. The second-order valence-corrected chi connectivity index (χ2v) is 8.20. The van der Waals surface area contributed by atoms with Crippen LogP contribution in [0.1, 0.15) is 17.5 Å². The maximum atomic E-state index is 12.9. The fourth-order valence-corrected chi connectivity index (χ4v) is 3.74. The summed E-state index contributed by atoms with van der Waals surface area (Å²) in [6.45, 7) is 2.23. The van der Waals surface area contributed by atoms with Gasteiger partial charge in [0, 0.05) is 12.2 Å². The standard InChI is InChI=1S/C19H16F3N3O3S/c1-12-6-4-9-14-16(12)24-17(18(23-14)28-29(26,27)19(20,21)22)25-11-5-8-13-7-2-3-10-15(13)25/h2-4,6-7,9-10H,5,8,11H2,1H3. The van der Waals surface area contributed by atoms with E-state index in [9.17, 15) is 21.6 Å². The van der Waals surface area contributed by atoms with Crippen molar-refractivity contribution < 1.29 is 25.8 Å². The maximum Gasteiger partial charge on any atom is 0.534 e. The van der Waals surface area contributed by atoms with Crippen LogP contribution in [0.15, 0.2) is 42.5 Å². The highest BCUT2D eigenvalue weighted by atomic mass is 32.2. The molecule has 0 amide bonds. The molecule has 0 spiro atoms. The molecule has 1 aromatic heterocycles. The van der Waals surface area contributed by atoms with Crippen molar-refractivity contribution in [3.63, 3.8) is 0 Å². The third kappa shape index (κ3) is 3.48. The molecule has 0 bridgehead atoms. The SMILES string of the molecule is Cc1cccc2nc(OS(=O)(=O)C(F)(F)F)c(N3CCCc4ccccc43)nc12. The molecule has 3 aromatic rings. The van der Waals surface area contributed by atoms with Crippen LogP contribution in [-0.4, -0.2) is 30.4 Å². The number of benzene rings is 2. The van der Waals surface area contributed by atoms with E-state index in [0.717, 1.165) is 29.7 Å². The number of aryl methyl sites for hydroxylation is 2. The van der Waals surface area contributed by atoms with Crippen LogP contribution in [0.2, 0.25) is 0 Å². The molecule has 29 heavy (non-hydrogen) atoms. The lowest BCUT2D eigenvalue weighted by Gasteiger charge is -2.31. The van der Waals surface area contributed by atoms with Gasteiger partial charge in [-0.05, 0) is 43.0 Å². The Balaban J connectivity index is 1.94. The summed E-state index contributed by atoms with van der Waals surface area (Å²) in [5.74, 6) is -0.760. The number of fused-ring (bicyclic) bond motifs is 2. The number of aromatic nitrogens is 2. The first kappa shape index (κ1) is 19.4. The number of halogens is 3. The molecule has 4 rings (SSSR count). The van der Waals surface area contributed by atoms with Crippen molar-refractivity contribution in [3.8, 4) is 5.88 Å². The Hall–Kier alpha value is -2.88. The molecule has 1 aliphatic rings. The Morgan fingerprint density at radius 1 is 1.07 bits per heavy atom. The van der Waals surface area contributed by atoms with Crippen molar-refractivity contribution in [2.45, 2.75) is 25.3 Å². The molecule has 0 fully saturated rings. The highest BCUT2D eigenvalue weighted by Gasteiger charge is 2.49. The number of hydrogen-bond donors (Lipinski definition) is 0. The highest BCUT2D eigenvalue weighted by Crippen LogP contribution is 2.39. The van der Waals surface area contributed by atoms with E-state index in [-0.39, 0.29) is 11.3 Å². The predicted molar refractivity (Wildman–Crippen MR) is 102 cm³/mol. The van der Waals surface area contributed by atoms with Crippen molar-refractivity contribution in [2.24, 2.45) is 0 Å². The van der Waals surface area contributed by atoms with Crippen LogP contribution in [0.25, 0.3) is 11.0 Å². The van der Waals surface area contributed by atoms with Gasteiger partial charge < -0.3 is 9.08 Å². The summed E-state index contributed by atoms with van der Waals surface area (Å²) in [6.07, 6.45) is 1.51. The van der Waals surface area contributed by atoms with Crippen LogP contribution in [0.4, 0.5) is 24.7 Å². The van der Waals surface area contributed by atoms with E-state index in [1.807, 2.05) is 12.1 Å². The fraction of sp³-hybridized carbons (Fsp3) is 0.263. The smallest absolute Gasteiger partial charge is 0.351 e. The van der Waals surface area contributed by atoms with Gasteiger partial charge in [0.1, 0.15) is 0 Å². The molecule has 0 atom stereocenters. The molecule has 6 nitrogen and oxygen atoms in total. The molecule has 0 radical (unpaired) electrons. The first-order valence-corrected chi connectivity index (χ1v) is 10.2. The predicted octanol–water partition coefficient (Wildman–Crippen LogP) is 4.25. The zero-order chi connectivity index (χ0) is 20.8. The Morgan fingerprint density at radius 3 is 2.59 bits per heavy atom. The normalized spacial score (nSPS) is 14.7. The van der Waals surface area contributed by atoms with Gasteiger partial charge in [-0.1, -0.05) is 30.3 Å². The molecular formula is C19H16F3N3O3S. The monoisotopic (exact) mass is 423 g/mol. The molecule has 2 aromatic carbocycles. The van der Waals surface area contributed by atoms with E-state index in [2.05, 4.69) is 14.2 Å². The van der Waals surface area contributed by atoms with Gasteiger partial charge in [-0.2, -0.15) is 21.6 Å². The molecule has 0 N–H and O–H groups in total. The minimum absolute atomic E-state index is 0.0632. The Bertz CT molecular complexity index is 1200. The third-order valence-corrected chi connectivity index (χ3v) is 5.63. The number of nitrogens with zero attached hydrogens (tertiary/aromatic N) is 3. The van der Waals surface area contributed by atoms with Gasteiger partial charge in [-0.15, -0.1) is 0 Å². The van der Waals surface area contributed by atoms with Crippen molar-refractivity contribution in [1.82, 2.24) is 9.97 Å². The minimum atomic E-state index is -5.90. The van der Waals surface area contributed by atoms with Gasteiger partial charge >= 0.3 is 15.6 Å². The molecule has 0 saturated heterocycles. The van der Waals surface area contributed by atoms with Crippen LogP contribution >= 0.6 is 0 Å². The Morgan fingerprint density at radius 2 is 1.83 bits per heavy atom. The van der Waals surface area contributed by atoms with Crippen molar-refractivity contribution in [1.29, 1.82) is 0 Å². The highest BCUT2D eigenvalue weighted by molar-refractivity contribution is 7.88. The van der Waals surface area contributed by atoms with E-state index < -0.39 is 21.5 Å². The number of para-hydroxylation sites is 2. The summed E-state index contributed by atoms with van der Waals surface area (Å²) < 4.78 is 66.6. The average molecular weight is 423 g/mol. The maximum absolute atomic E-state index is 12.9. The van der Waals surface area contributed by atoms with E-state index in [1.165, 1.54) is 6.07 Å². The lowest BCUT2D eigenvalue weighted by atomic mass is 10.0. The van der Waals surface area contributed by atoms with Gasteiger partial charge in [0.25, 0.3) is 5.88 Å². The molecule has 0 saturated carbocycles. The fourth-order valence-electron chi connectivity index (χ4n) is 3.33. The zero-order valence-corrected chi connectivity index (χ0v) is 16.1. The van der Waals surface area contributed by atoms with Crippen LogP contribution < -0.4 is 9.08 Å². The molecule has 0 aliphatic carbocycles. The Kier molecular flexibility index (Phi) is 4.60. The van der Waals surface area contributed by atoms with Gasteiger partial charge in [0.05, 0.1) is 11.0 Å². The van der Waals surface area contributed by atoms with Gasteiger partial charge in [0.2, 0.25) is 0 Å². The van der Waals surface area contributed by atoms with Crippen molar-refractivity contribution in [2.75, 3.05) is 11.4 Å². The molecule has 10 heteroatoms. The van der Waals surface area contributed by atoms with Crippen molar-refractivity contribution >= 4 is 32.7 Å². The van der Waals surface area contributed by atoms with Crippen LogP contribution in [0.5, 0.6) is 5.88 Å². The number of hydrogen-bond acceptors (Lipinski definition) is 6. The zero-order valence-electron chi connectivity index (χ0n) is 15.3. The summed E-state index contributed by atoms with van der Waals surface area (Å²) in [7, 11) is -5.90. The quantitative estimate of drug-likeness (QED) is 0.463. The minimum Gasteiger partial charge on any atom is -0.351 e. The average Bonchev–Trinajstić information content (AvgIpc) is 2.66. The van der Waals surface area contributed by atoms with Gasteiger partial charge in [0.15, 0.2) is 5.82 Å². The number of alkyl halides is 3. The lowest BCUT2D eigenvalue weighted by molar-refractivity contribution is -0.0501. The first-order chi connectivity index (χ1) is 13.7. The molecule has 0 unspecified atom stereocenters. The third-order valence-electron chi connectivity index (χ3n) is 4.69. The number of anilines is 2. The van der Waals surface area contributed by atoms with Crippen LogP contribution in [0.3, 0.4) is 0 Å². The van der Waals surface area contributed by atoms with Crippen molar-refractivity contribution in [3.05, 3.63) is 53.6 Å². The van der Waals surface area contributed by atoms with Crippen LogP contribution in [0, 0.1) is 6.92 Å². The molecule has 2 heterocycles. The van der Waals surface area contributed by atoms with E-state index >= 15 is 0 Å². The van der Waals surface area contributed by atoms with Gasteiger partial charge in [-0.3, -0.25) is 0 Å². The summed E-state index contributed by atoms with van der Waals surface area (Å²) in [5, 5.41) is 0. The van der Waals surface area contributed by atoms with E-state index in [4.69, 9.17) is 0 Å². The molecular weight excluding hydrogens is 407 g/mol. The summed E-state index contributed by atoms with van der Waals surface area (Å²) >= 11 is 0. The Labute approximate surface area is 165 Å². The largest absolute Gasteiger partial charge is 0.534 e. The van der Waals surface area contributed by atoms with Crippen LogP contribution in [-0.2, 0) is 16.5 Å². The summed E-state index contributed by atoms with van der Waals surface area (Å²) in [5.41, 5.74) is -2.40. The summed E-state index contributed by atoms with van der Waals surface area (Å²) in [6, 6.07) is 12.4. The first-order valence-electron chi connectivity index (χ1n) is 8.81. The number of rotatable bonds is 3. The van der Waals surface area contributed by atoms with E-state index in [1.54, 1.807) is 36.1 Å². The second-order valence-electron chi connectivity index (χ2n) is 6.66.